The van der Waals surface area contributed by atoms with E-state index in [1.54, 1.807) is 0 Å². The summed E-state index contributed by atoms with van der Waals surface area (Å²) in [5.41, 5.74) is 0.118. The van der Waals surface area contributed by atoms with Gasteiger partial charge in [-0.3, -0.25) is 0 Å². The van der Waals surface area contributed by atoms with Crippen molar-refractivity contribution < 1.29 is 4.74 Å². The maximum absolute atomic E-state index is 6.40. The number of unbranched alkanes of at least 4 members (excludes halogenated alkanes) is 3. The summed E-state index contributed by atoms with van der Waals surface area (Å²) in [6.07, 6.45) is 15.9. The fraction of sp³-hybridized carbons (Fsp3) is 1.00. The summed E-state index contributed by atoms with van der Waals surface area (Å²) in [7, 11) is 0. The van der Waals surface area contributed by atoms with Gasteiger partial charge < -0.3 is 10.1 Å². The van der Waals surface area contributed by atoms with Gasteiger partial charge in [0.25, 0.3) is 0 Å². The van der Waals surface area contributed by atoms with E-state index in [1.165, 1.54) is 77.0 Å². The normalized spacial score (nSPS) is 20.1. The molecule has 0 saturated heterocycles. The molecule has 21 heavy (non-hydrogen) atoms. The molecule has 0 aromatic rings. The molecule has 1 aliphatic rings. The second-order valence-corrected chi connectivity index (χ2v) is 6.77. The molecule has 2 nitrogen and oxygen atoms in total. The molecule has 1 fully saturated rings. The standard InChI is InChI=1S/C19H39NO/c1-4-7-8-11-14-18(20-17-5-2)19(21-6-3)15-12-9-10-13-16-19/h18,20H,4-17H2,1-3H3. The van der Waals surface area contributed by atoms with Crippen molar-refractivity contribution in [2.75, 3.05) is 13.2 Å². The van der Waals surface area contributed by atoms with Crippen LogP contribution in [0.1, 0.15) is 97.8 Å². The third kappa shape index (κ3) is 6.69. The SMILES string of the molecule is CCCCCCC(NCCC)C1(OCC)CCCCCC1. The fourth-order valence-electron chi connectivity index (χ4n) is 3.85. The van der Waals surface area contributed by atoms with E-state index in [4.69, 9.17) is 4.74 Å². The van der Waals surface area contributed by atoms with Crippen molar-refractivity contribution in [2.45, 2.75) is 109 Å². The van der Waals surface area contributed by atoms with Crippen LogP contribution < -0.4 is 5.32 Å². The lowest BCUT2D eigenvalue weighted by molar-refractivity contribution is -0.0789. The first-order chi connectivity index (χ1) is 10.3. The van der Waals surface area contributed by atoms with Crippen molar-refractivity contribution in [1.82, 2.24) is 5.32 Å². The highest BCUT2D eigenvalue weighted by molar-refractivity contribution is 4.94. The lowest BCUT2D eigenvalue weighted by Crippen LogP contribution is -2.52. The quantitative estimate of drug-likeness (QED) is 0.404. The molecule has 0 aliphatic heterocycles. The van der Waals surface area contributed by atoms with E-state index in [9.17, 15) is 0 Å². The third-order valence-corrected chi connectivity index (χ3v) is 5.00. The summed E-state index contributed by atoms with van der Waals surface area (Å²) in [5.74, 6) is 0. The van der Waals surface area contributed by atoms with E-state index in [0.717, 1.165) is 13.2 Å². The molecule has 1 unspecified atom stereocenters. The van der Waals surface area contributed by atoms with Crippen LogP contribution in [0.15, 0.2) is 0 Å². The molecule has 0 heterocycles. The Bertz CT molecular complexity index is 234. The summed E-state index contributed by atoms with van der Waals surface area (Å²) in [4.78, 5) is 0. The molecule has 0 aromatic carbocycles. The number of hydrogen-bond acceptors (Lipinski definition) is 2. The minimum absolute atomic E-state index is 0.118. The molecule has 2 heteroatoms. The first kappa shape index (κ1) is 19.0. The van der Waals surface area contributed by atoms with Crippen LogP contribution in [0.4, 0.5) is 0 Å². The van der Waals surface area contributed by atoms with E-state index in [-0.39, 0.29) is 5.60 Å². The molecular weight excluding hydrogens is 258 g/mol. The summed E-state index contributed by atoms with van der Waals surface area (Å²) >= 11 is 0. The van der Waals surface area contributed by atoms with Crippen molar-refractivity contribution in [3.05, 3.63) is 0 Å². The highest BCUT2D eigenvalue weighted by atomic mass is 16.5. The van der Waals surface area contributed by atoms with E-state index in [1.807, 2.05) is 0 Å². The largest absolute Gasteiger partial charge is 0.374 e. The van der Waals surface area contributed by atoms with Crippen LogP contribution in [0.25, 0.3) is 0 Å². The second kappa shape index (κ2) is 11.5. The van der Waals surface area contributed by atoms with Crippen LogP contribution in [0.2, 0.25) is 0 Å². The number of hydrogen-bond donors (Lipinski definition) is 1. The zero-order valence-corrected chi connectivity index (χ0v) is 14.9. The Kier molecular flexibility index (Phi) is 10.4. The summed E-state index contributed by atoms with van der Waals surface area (Å²) in [6.45, 7) is 8.72. The van der Waals surface area contributed by atoms with Gasteiger partial charge >= 0.3 is 0 Å². The lowest BCUT2D eigenvalue weighted by atomic mass is 9.83. The van der Waals surface area contributed by atoms with Gasteiger partial charge in [0.15, 0.2) is 0 Å². The van der Waals surface area contributed by atoms with Crippen LogP contribution in [0.3, 0.4) is 0 Å². The fourth-order valence-corrected chi connectivity index (χ4v) is 3.85. The Morgan fingerprint density at radius 3 is 2.19 bits per heavy atom. The van der Waals surface area contributed by atoms with Gasteiger partial charge in [0.05, 0.1) is 5.60 Å². The molecule has 0 spiro atoms. The van der Waals surface area contributed by atoms with E-state index in [0.29, 0.717) is 6.04 Å². The zero-order chi connectivity index (χ0) is 15.4. The zero-order valence-electron chi connectivity index (χ0n) is 14.9. The third-order valence-electron chi connectivity index (χ3n) is 5.00. The predicted molar refractivity (Wildman–Crippen MR) is 92.9 cm³/mol. The van der Waals surface area contributed by atoms with Gasteiger partial charge in [-0.1, -0.05) is 65.2 Å². The second-order valence-electron chi connectivity index (χ2n) is 6.77. The van der Waals surface area contributed by atoms with Crippen LogP contribution in [-0.2, 0) is 4.74 Å². The molecule has 0 bridgehead atoms. The van der Waals surface area contributed by atoms with Gasteiger partial charge in [0.2, 0.25) is 0 Å². The maximum Gasteiger partial charge on any atom is 0.0834 e. The van der Waals surface area contributed by atoms with Crippen molar-refractivity contribution in [3.63, 3.8) is 0 Å². The van der Waals surface area contributed by atoms with E-state index >= 15 is 0 Å². The Labute approximate surface area is 133 Å². The van der Waals surface area contributed by atoms with Crippen LogP contribution in [0.5, 0.6) is 0 Å². The first-order valence-electron chi connectivity index (χ1n) is 9.66. The molecule has 1 aliphatic carbocycles. The monoisotopic (exact) mass is 297 g/mol. The van der Waals surface area contributed by atoms with Crippen molar-refractivity contribution >= 4 is 0 Å². The minimum Gasteiger partial charge on any atom is -0.374 e. The van der Waals surface area contributed by atoms with Crippen molar-refractivity contribution in [3.8, 4) is 0 Å². The lowest BCUT2D eigenvalue weighted by Gasteiger charge is -2.41. The molecular formula is C19H39NO. The van der Waals surface area contributed by atoms with Gasteiger partial charge in [-0.2, -0.15) is 0 Å². The molecule has 1 N–H and O–H groups in total. The van der Waals surface area contributed by atoms with Crippen molar-refractivity contribution in [1.29, 1.82) is 0 Å². The first-order valence-corrected chi connectivity index (χ1v) is 9.66. The van der Waals surface area contributed by atoms with Crippen LogP contribution >= 0.6 is 0 Å². The molecule has 1 saturated carbocycles. The summed E-state index contributed by atoms with van der Waals surface area (Å²) < 4.78 is 6.40. The molecule has 0 radical (unpaired) electrons. The molecule has 0 aromatic heterocycles. The number of nitrogens with one attached hydrogen (secondary N) is 1. The maximum atomic E-state index is 6.40. The topological polar surface area (TPSA) is 21.3 Å². The predicted octanol–water partition coefficient (Wildman–Crippen LogP) is 5.45. The number of rotatable bonds is 11. The summed E-state index contributed by atoms with van der Waals surface area (Å²) in [5, 5.41) is 3.84. The molecule has 126 valence electrons. The minimum atomic E-state index is 0.118. The molecule has 1 atom stereocenters. The number of ether oxygens (including phenoxy) is 1. The average Bonchev–Trinajstić information content (AvgIpc) is 2.73. The van der Waals surface area contributed by atoms with Gasteiger partial charge in [0, 0.05) is 12.6 Å². The Hall–Kier alpha value is -0.0800. The molecule has 1 rings (SSSR count). The Morgan fingerprint density at radius 2 is 1.62 bits per heavy atom. The van der Waals surface area contributed by atoms with E-state index in [2.05, 4.69) is 26.1 Å². The Balaban J connectivity index is 2.67. The Morgan fingerprint density at radius 1 is 0.905 bits per heavy atom. The average molecular weight is 298 g/mol. The van der Waals surface area contributed by atoms with E-state index < -0.39 is 0 Å². The van der Waals surface area contributed by atoms with Crippen LogP contribution in [0, 0.1) is 0 Å². The highest BCUT2D eigenvalue weighted by Gasteiger charge is 2.38. The van der Waals surface area contributed by atoms with Crippen molar-refractivity contribution in [2.24, 2.45) is 0 Å². The van der Waals surface area contributed by atoms with Gasteiger partial charge in [-0.15, -0.1) is 0 Å². The van der Waals surface area contributed by atoms with Gasteiger partial charge in [0.1, 0.15) is 0 Å². The van der Waals surface area contributed by atoms with Gasteiger partial charge in [-0.25, -0.2) is 0 Å². The van der Waals surface area contributed by atoms with Gasteiger partial charge in [-0.05, 0) is 39.2 Å². The smallest absolute Gasteiger partial charge is 0.0834 e. The highest BCUT2D eigenvalue weighted by Crippen LogP contribution is 2.35. The summed E-state index contributed by atoms with van der Waals surface area (Å²) in [6, 6.07) is 0.562. The van der Waals surface area contributed by atoms with Crippen LogP contribution in [-0.4, -0.2) is 24.8 Å². The molecule has 0 amide bonds.